The van der Waals surface area contributed by atoms with Crippen molar-refractivity contribution in [1.29, 1.82) is 0 Å². The van der Waals surface area contributed by atoms with Crippen LogP contribution in [0.4, 0.5) is 0 Å². The van der Waals surface area contributed by atoms with Gasteiger partial charge in [-0.25, -0.2) is 4.79 Å². The van der Waals surface area contributed by atoms with Crippen molar-refractivity contribution in [2.45, 2.75) is 39.0 Å². The van der Waals surface area contributed by atoms with Crippen molar-refractivity contribution in [3.8, 4) is 5.75 Å². The Kier molecular flexibility index (Phi) is 4.49. The van der Waals surface area contributed by atoms with Gasteiger partial charge in [0.2, 0.25) is 5.75 Å². The van der Waals surface area contributed by atoms with E-state index in [1.54, 1.807) is 6.26 Å². The summed E-state index contributed by atoms with van der Waals surface area (Å²) in [6.07, 6.45) is 6.49. The first kappa shape index (κ1) is 17.2. The van der Waals surface area contributed by atoms with Crippen molar-refractivity contribution in [3.05, 3.63) is 39.4 Å². The normalized spacial score (nSPS) is 14.3. The SMILES string of the molecule is Cc1coc2c(OCCCN(C)C)c3oc(=O)c4c(c3cc12)CCCC4. The molecule has 5 nitrogen and oxygen atoms in total. The number of ether oxygens (including phenoxy) is 1. The van der Waals surface area contributed by atoms with Gasteiger partial charge in [0.15, 0.2) is 11.2 Å². The highest BCUT2D eigenvalue weighted by atomic mass is 16.5. The van der Waals surface area contributed by atoms with E-state index >= 15 is 0 Å². The summed E-state index contributed by atoms with van der Waals surface area (Å²) in [7, 11) is 4.08. The summed E-state index contributed by atoms with van der Waals surface area (Å²) in [5.74, 6) is 0.565. The smallest absolute Gasteiger partial charge is 0.339 e. The van der Waals surface area contributed by atoms with Crippen molar-refractivity contribution in [2.24, 2.45) is 0 Å². The van der Waals surface area contributed by atoms with Crippen LogP contribution in [0.5, 0.6) is 5.75 Å². The second-order valence-corrected chi connectivity index (χ2v) is 7.44. The van der Waals surface area contributed by atoms with Gasteiger partial charge in [-0.1, -0.05) is 0 Å². The van der Waals surface area contributed by atoms with E-state index in [9.17, 15) is 4.79 Å². The largest absolute Gasteiger partial charge is 0.486 e. The first-order valence-electron chi connectivity index (χ1n) is 9.33. The van der Waals surface area contributed by atoms with Gasteiger partial charge in [0, 0.05) is 22.9 Å². The van der Waals surface area contributed by atoms with Gasteiger partial charge in [-0.3, -0.25) is 0 Å². The van der Waals surface area contributed by atoms with Gasteiger partial charge >= 0.3 is 5.63 Å². The molecule has 26 heavy (non-hydrogen) atoms. The summed E-state index contributed by atoms with van der Waals surface area (Å²) < 4.78 is 17.6. The van der Waals surface area contributed by atoms with E-state index in [-0.39, 0.29) is 5.63 Å². The molecule has 0 saturated carbocycles. The lowest BCUT2D eigenvalue weighted by atomic mass is 9.90. The maximum Gasteiger partial charge on any atom is 0.339 e. The van der Waals surface area contributed by atoms with Crippen LogP contribution in [0, 0.1) is 6.92 Å². The predicted octanol–water partition coefficient (Wildman–Crippen LogP) is 4.06. The van der Waals surface area contributed by atoms with E-state index in [1.165, 1.54) is 0 Å². The summed E-state index contributed by atoms with van der Waals surface area (Å²) in [6, 6.07) is 2.10. The molecule has 0 N–H and O–H groups in total. The number of hydrogen-bond donors (Lipinski definition) is 0. The molecule has 2 aromatic heterocycles. The Morgan fingerprint density at radius 2 is 1.88 bits per heavy atom. The van der Waals surface area contributed by atoms with Crippen LogP contribution in [0.3, 0.4) is 0 Å². The summed E-state index contributed by atoms with van der Waals surface area (Å²) in [5, 5.41) is 2.03. The van der Waals surface area contributed by atoms with Gasteiger partial charge in [0.05, 0.1) is 12.9 Å². The number of hydrogen-bond acceptors (Lipinski definition) is 5. The lowest BCUT2D eigenvalue weighted by molar-refractivity contribution is 0.280. The number of fused-ring (bicyclic) bond motifs is 4. The zero-order valence-corrected chi connectivity index (χ0v) is 15.7. The molecule has 138 valence electrons. The molecule has 1 aliphatic rings. The van der Waals surface area contributed by atoms with Crippen LogP contribution in [0.1, 0.15) is 36.0 Å². The number of rotatable bonds is 5. The Balaban J connectivity index is 1.88. The highest BCUT2D eigenvalue weighted by Gasteiger charge is 2.23. The maximum absolute atomic E-state index is 12.5. The van der Waals surface area contributed by atoms with Gasteiger partial charge in [0.25, 0.3) is 0 Å². The van der Waals surface area contributed by atoms with Crippen LogP contribution < -0.4 is 10.4 Å². The van der Waals surface area contributed by atoms with Gasteiger partial charge in [-0.2, -0.15) is 0 Å². The fraction of sp³-hybridized carbons (Fsp3) is 0.476. The monoisotopic (exact) mass is 355 g/mol. The quantitative estimate of drug-likeness (QED) is 0.510. The molecule has 0 radical (unpaired) electrons. The fourth-order valence-electron chi connectivity index (χ4n) is 3.84. The first-order valence-corrected chi connectivity index (χ1v) is 9.33. The van der Waals surface area contributed by atoms with Crippen LogP contribution in [-0.2, 0) is 12.8 Å². The van der Waals surface area contributed by atoms with Crippen LogP contribution in [0.25, 0.3) is 21.9 Å². The zero-order chi connectivity index (χ0) is 18.3. The summed E-state index contributed by atoms with van der Waals surface area (Å²) >= 11 is 0. The Morgan fingerprint density at radius 3 is 2.65 bits per heavy atom. The van der Waals surface area contributed by atoms with Crippen molar-refractivity contribution in [2.75, 3.05) is 27.2 Å². The molecular formula is C21H25NO4. The summed E-state index contributed by atoms with van der Waals surface area (Å²) in [4.78, 5) is 14.7. The molecule has 1 aliphatic carbocycles. The highest BCUT2D eigenvalue weighted by molar-refractivity contribution is 6.02. The Hall–Kier alpha value is -2.27. The molecule has 0 aliphatic heterocycles. The van der Waals surface area contributed by atoms with E-state index in [0.29, 0.717) is 23.5 Å². The molecule has 0 fully saturated rings. The summed E-state index contributed by atoms with van der Waals surface area (Å²) in [5.41, 5.74) is 4.00. The van der Waals surface area contributed by atoms with Crippen molar-refractivity contribution < 1.29 is 13.6 Å². The van der Waals surface area contributed by atoms with Gasteiger partial charge in [0.1, 0.15) is 0 Å². The van der Waals surface area contributed by atoms with E-state index in [1.807, 2.05) is 21.0 Å². The third kappa shape index (κ3) is 2.90. The van der Waals surface area contributed by atoms with Crippen LogP contribution in [0.2, 0.25) is 0 Å². The predicted molar refractivity (Wildman–Crippen MR) is 102 cm³/mol. The molecule has 5 heteroatoms. The standard InChI is InChI=1S/C21H25NO4/c1-13-12-25-18-16(13)11-17-14-7-4-5-8-15(14)21(23)26-19(17)20(18)24-10-6-9-22(2)3/h11-12H,4-10H2,1-3H3. The van der Waals surface area contributed by atoms with Crippen LogP contribution >= 0.6 is 0 Å². The van der Waals surface area contributed by atoms with Crippen LogP contribution in [-0.4, -0.2) is 32.1 Å². The van der Waals surface area contributed by atoms with Gasteiger partial charge in [-0.15, -0.1) is 0 Å². The number of furan rings is 1. The molecule has 0 bridgehead atoms. The fourth-order valence-corrected chi connectivity index (χ4v) is 3.84. The van der Waals surface area contributed by atoms with E-state index in [2.05, 4.69) is 11.0 Å². The minimum Gasteiger partial charge on any atom is -0.486 e. The highest BCUT2D eigenvalue weighted by Crippen LogP contribution is 2.39. The summed E-state index contributed by atoms with van der Waals surface area (Å²) in [6.45, 7) is 3.51. The zero-order valence-electron chi connectivity index (χ0n) is 15.7. The second kappa shape index (κ2) is 6.80. The molecule has 3 aromatic rings. The van der Waals surface area contributed by atoms with Crippen molar-refractivity contribution in [3.63, 3.8) is 0 Å². The molecule has 4 rings (SSSR count). The Labute approximate surface area is 152 Å². The average molecular weight is 355 g/mol. The van der Waals surface area contributed by atoms with Crippen molar-refractivity contribution in [1.82, 2.24) is 4.90 Å². The van der Waals surface area contributed by atoms with E-state index < -0.39 is 0 Å². The third-order valence-electron chi connectivity index (χ3n) is 5.20. The number of aryl methyl sites for hydroxylation is 2. The molecule has 0 amide bonds. The Bertz CT molecular complexity index is 1010. The Morgan fingerprint density at radius 1 is 1.12 bits per heavy atom. The molecule has 1 aromatic carbocycles. The van der Waals surface area contributed by atoms with Gasteiger partial charge in [-0.05, 0) is 70.3 Å². The molecular weight excluding hydrogens is 330 g/mol. The topological polar surface area (TPSA) is 55.8 Å². The lowest BCUT2D eigenvalue weighted by Crippen LogP contribution is -2.17. The van der Waals surface area contributed by atoms with Gasteiger partial charge < -0.3 is 18.5 Å². The lowest BCUT2D eigenvalue weighted by Gasteiger charge is -2.18. The molecule has 0 saturated heterocycles. The molecule has 0 atom stereocenters. The maximum atomic E-state index is 12.5. The van der Waals surface area contributed by atoms with Crippen LogP contribution in [0.15, 0.2) is 26.0 Å². The number of benzene rings is 1. The van der Waals surface area contributed by atoms with E-state index in [4.69, 9.17) is 13.6 Å². The second-order valence-electron chi connectivity index (χ2n) is 7.44. The molecule has 2 heterocycles. The molecule has 0 unspecified atom stereocenters. The minimum absolute atomic E-state index is 0.229. The molecule has 0 spiro atoms. The van der Waals surface area contributed by atoms with Crippen molar-refractivity contribution >= 4 is 21.9 Å². The minimum atomic E-state index is -0.229. The first-order chi connectivity index (χ1) is 12.6. The van der Waals surface area contributed by atoms with E-state index in [0.717, 1.165) is 66.1 Å². The average Bonchev–Trinajstić information content (AvgIpc) is 2.99. The number of nitrogens with zero attached hydrogens (tertiary/aromatic N) is 1. The third-order valence-corrected chi connectivity index (χ3v) is 5.20.